The van der Waals surface area contributed by atoms with Crippen LogP contribution in [0, 0.1) is 6.92 Å². The van der Waals surface area contributed by atoms with Gasteiger partial charge in [-0.05, 0) is 13.3 Å². The zero-order valence-electron chi connectivity index (χ0n) is 4.80. The quantitative estimate of drug-likeness (QED) is 0.493. The lowest BCUT2D eigenvalue weighted by atomic mass is 9.95. The standard InChI is InChI=1S/C7H10N/c1-7(8)5-3-2-4-6-7/h2-5H,1,6,8H2. The molecule has 1 aliphatic carbocycles. The van der Waals surface area contributed by atoms with Crippen molar-refractivity contribution in [3.8, 4) is 0 Å². The SMILES string of the molecule is [CH2]C1(N)C=CC=CC1. The van der Waals surface area contributed by atoms with Crippen molar-refractivity contribution in [3.63, 3.8) is 0 Å². The van der Waals surface area contributed by atoms with Gasteiger partial charge in [-0.15, -0.1) is 0 Å². The Labute approximate surface area is 49.9 Å². The molecule has 1 radical (unpaired) electrons. The molecule has 0 aromatic carbocycles. The first-order valence-corrected chi connectivity index (χ1v) is 2.69. The molecule has 1 heteroatoms. The normalized spacial score (nSPS) is 35.8. The topological polar surface area (TPSA) is 26.0 Å². The number of hydrogen-bond donors (Lipinski definition) is 1. The zero-order chi connectivity index (χ0) is 6.04. The monoisotopic (exact) mass is 108 g/mol. The average Bonchev–Trinajstić information content (AvgIpc) is 1.65. The third-order valence-corrected chi connectivity index (χ3v) is 1.17. The Kier molecular flexibility index (Phi) is 1.22. The Bertz CT molecular complexity index is 131. The Hall–Kier alpha value is -0.560. The third-order valence-electron chi connectivity index (χ3n) is 1.17. The highest BCUT2D eigenvalue weighted by Crippen LogP contribution is 2.11. The van der Waals surface area contributed by atoms with Gasteiger partial charge in [0.2, 0.25) is 0 Å². The van der Waals surface area contributed by atoms with E-state index in [-0.39, 0.29) is 5.54 Å². The molecule has 1 nitrogen and oxygen atoms in total. The first-order chi connectivity index (χ1) is 3.71. The number of rotatable bonds is 0. The molecule has 0 spiro atoms. The lowest BCUT2D eigenvalue weighted by Gasteiger charge is -2.19. The highest BCUT2D eigenvalue weighted by molar-refractivity contribution is 5.20. The average molecular weight is 108 g/mol. The van der Waals surface area contributed by atoms with E-state index in [1.54, 1.807) is 0 Å². The van der Waals surface area contributed by atoms with Crippen molar-refractivity contribution >= 4 is 0 Å². The summed E-state index contributed by atoms with van der Waals surface area (Å²) in [5.74, 6) is 0. The predicted octanol–water partition coefficient (Wildman–Crippen LogP) is 1.03. The van der Waals surface area contributed by atoms with E-state index in [0.29, 0.717) is 0 Å². The van der Waals surface area contributed by atoms with Crippen LogP contribution in [0.3, 0.4) is 0 Å². The molecule has 0 saturated carbocycles. The van der Waals surface area contributed by atoms with Gasteiger partial charge >= 0.3 is 0 Å². The maximum absolute atomic E-state index is 5.63. The van der Waals surface area contributed by atoms with Crippen molar-refractivity contribution in [1.29, 1.82) is 0 Å². The Morgan fingerprint density at radius 2 is 2.25 bits per heavy atom. The van der Waals surface area contributed by atoms with Gasteiger partial charge in [-0.2, -0.15) is 0 Å². The van der Waals surface area contributed by atoms with Crippen molar-refractivity contribution in [2.75, 3.05) is 0 Å². The Morgan fingerprint density at radius 3 is 2.50 bits per heavy atom. The number of hydrogen-bond acceptors (Lipinski definition) is 1. The van der Waals surface area contributed by atoms with Crippen molar-refractivity contribution in [2.45, 2.75) is 12.0 Å². The molecule has 0 amide bonds. The summed E-state index contributed by atoms with van der Waals surface area (Å²) in [7, 11) is 0. The van der Waals surface area contributed by atoms with Gasteiger partial charge in [0.05, 0.1) is 0 Å². The smallest absolute Gasteiger partial charge is 0.0378 e. The van der Waals surface area contributed by atoms with Crippen LogP contribution >= 0.6 is 0 Å². The van der Waals surface area contributed by atoms with E-state index < -0.39 is 0 Å². The summed E-state index contributed by atoms with van der Waals surface area (Å²) in [4.78, 5) is 0. The summed E-state index contributed by atoms with van der Waals surface area (Å²) in [5.41, 5.74) is 5.29. The molecule has 0 aromatic heterocycles. The molecule has 0 fully saturated rings. The molecule has 0 bridgehead atoms. The van der Waals surface area contributed by atoms with E-state index in [4.69, 9.17) is 5.73 Å². The number of nitrogens with two attached hydrogens (primary N) is 1. The minimum Gasteiger partial charge on any atom is -0.322 e. The van der Waals surface area contributed by atoms with E-state index >= 15 is 0 Å². The van der Waals surface area contributed by atoms with Gasteiger partial charge < -0.3 is 5.73 Å². The molecule has 1 atom stereocenters. The first-order valence-electron chi connectivity index (χ1n) is 2.69. The van der Waals surface area contributed by atoms with Crippen LogP contribution in [-0.2, 0) is 0 Å². The minimum atomic E-state index is -0.339. The van der Waals surface area contributed by atoms with Gasteiger partial charge in [0.25, 0.3) is 0 Å². The molecule has 1 aliphatic rings. The van der Waals surface area contributed by atoms with Crippen molar-refractivity contribution in [3.05, 3.63) is 31.2 Å². The molecule has 0 heterocycles. The van der Waals surface area contributed by atoms with Crippen molar-refractivity contribution in [1.82, 2.24) is 0 Å². The van der Waals surface area contributed by atoms with Gasteiger partial charge in [-0.1, -0.05) is 24.3 Å². The van der Waals surface area contributed by atoms with Crippen LogP contribution in [0.15, 0.2) is 24.3 Å². The van der Waals surface area contributed by atoms with Crippen LogP contribution in [0.1, 0.15) is 6.42 Å². The minimum absolute atomic E-state index is 0.339. The lowest BCUT2D eigenvalue weighted by molar-refractivity contribution is 0.655. The van der Waals surface area contributed by atoms with Crippen LogP contribution in [-0.4, -0.2) is 5.54 Å². The Balaban J connectivity index is 2.65. The van der Waals surface area contributed by atoms with Gasteiger partial charge in [-0.25, -0.2) is 0 Å². The van der Waals surface area contributed by atoms with E-state index in [1.165, 1.54) is 0 Å². The fourth-order valence-electron chi connectivity index (χ4n) is 0.681. The van der Waals surface area contributed by atoms with Gasteiger partial charge in [0, 0.05) is 5.54 Å². The lowest BCUT2D eigenvalue weighted by Crippen LogP contribution is -2.33. The fourth-order valence-corrected chi connectivity index (χ4v) is 0.681. The molecule has 1 rings (SSSR count). The molecular weight excluding hydrogens is 98.1 g/mol. The van der Waals surface area contributed by atoms with Crippen LogP contribution in [0.5, 0.6) is 0 Å². The van der Waals surface area contributed by atoms with E-state index in [2.05, 4.69) is 6.92 Å². The van der Waals surface area contributed by atoms with Crippen LogP contribution < -0.4 is 5.73 Å². The van der Waals surface area contributed by atoms with E-state index in [1.807, 2.05) is 24.3 Å². The summed E-state index contributed by atoms with van der Waals surface area (Å²) >= 11 is 0. The Morgan fingerprint density at radius 1 is 1.50 bits per heavy atom. The van der Waals surface area contributed by atoms with Crippen molar-refractivity contribution in [2.24, 2.45) is 5.73 Å². The second-order valence-electron chi connectivity index (χ2n) is 2.22. The highest BCUT2D eigenvalue weighted by atomic mass is 14.7. The van der Waals surface area contributed by atoms with Crippen LogP contribution in [0.2, 0.25) is 0 Å². The van der Waals surface area contributed by atoms with Gasteiger partial charge in [-0.3, -0.25) is 0 Å². The summed E-state index contributed by atoms with van der Waals surface area (Å²) < 4.78 is 0. The highest BCUT2D eigenvalue weighted by Gasteiger charge is 2.12. The summed E-state index contributed by atoms with van der Waals surface area (Å²) in [5, 5.41) is 0. The molecule has 0 aromatic rings. The summed E-state index contributed by atoms with van der Waals surface area (Å²) in [6, 6.07) is 0. The maximum atomic E-state index is 5.63. The molecule has 2 N–H and O–H groups in total. The number of allylic oxidation sites excluding steroid dienone is 2. The van der Waals surface area contributed by atoms with E-state index in [9.17, 15) is 0 Å². The molecular formula is C7H10N. The van der Waals surface area contributed by atoms with E-state index in [0.717, 1.165) is 6.42 Å². The van der Waals surface area contributed by atoms with Crippen molar-refractivity contribution < 1.29 is 0 Å². The summed E-state index contributed by atoms with van der Waals surface area (Å²) in [6.45, 7) is 3.77. The second kappa shape index (κ2) is 1.75. The molecule has 43 valence electrons. The largest absolute Gasteiger partial charge is 0.322 e. The zero-order valence-corrected chi connectivity index (χ0v) is 4.80. The maximum Gasteiger partial charge on any atom is 0.0378 e. The van der Waals surface area contributed by atoms with Crippen LogP contribution in [0.25, 0.3) is 0 Å². The van der Waals surface area contributed by atoms with Gasteiger partial charge in [0.15, 0.2) is 0 Å². The first kappa shape index (κ1) is 5.57. The molecule has 0 saturated heterocycles. The van der Waals surface area contributed by atoms with Gasteiger partial charge in [0.1, 0.15) is 0 Å². The fraction of sp³-hybridized carbons (Fsp3) is 0.286. The third kappa shape index (κ3) is 1.20. The summed E-state index contributed by atoms with van der Waals surface area (Å²) in [6.07, 6.45) is 8.69. The molecule has 8 heavy (non-hydrogen) atoms. The molecule has 0 aliphatic heterocycles. The molecule has 1 unspecified atom stereocenters. The predicted molar refractivity (Wildman–Crippen MR) is 35.2 cm³/mol. The van der Waals surface area contributed by atoms with Crippen LogP contribution in [0.4, 0.5) is 0 Å². The second-order valence-corrected chi connectivity index (χ2v) is 2.22.